The van der Waals surface area contributed by atoms with Gasteiger partial charge in [0.1, 0.15) is 17.5 Å². The number of allylic oxidation sites excluding steroid dienone is 3. The maximum absolute atomic E-state index is 13.9. The van der Waals surface area contributed by atoms with Crippen molar-refractivity contribution in [2.45, 2.75) is 71.8 Å². The summed E-state index contributed by atoms with van der Waals surface area (Å²) in [5.41, 5.74) is 5.72. The average molecular weight is 683 g/mol. The monoisotopic (exact) mass is 682 g/mol. The second-order valence-electron chi connectivity index (χ2n) is 13.3. The van der Waals surface area contributed by atoms with Gasteiger partial charge in [-0.25, -0.2) is 13.8 Å². The van der Waals surface area contributed by atoms with Crippen LogP contribution in [-0.4, -0.2) is 60.9 Å². The average Bonchev–Trinajstić information content (AvgIpc) is 3.11. The maximum Gasteiger partial charge on any atom is 0.130 e. The van der Waals surface area contributed by atoms with Crippen molar-refractivity contribution < 1.29 is 8.78 Å². The van der Waals surface area contributed by atoms with Crippen LogP contribution < -0.4 is 16.0 Å². The van der Waals surface area contributed by atoms with Gasteiger partial charge < -0.3 is 25.8 Å². The molecule has 8 heteroatoms. The first-order valence-corrected chi connectivity index (χ1v) is 18.1. The molecule has 4 rings (SSSR count). The first-order chi connectivity index (χ1) is 24.2. The lowest BCUT2D eigenvalue weighted by Gasteiger charge is -2.50. The fraction of sp³-hybridized carbons (Fsp3) is 0.405. The van der Waals surface area contributed by atoms with Crippen LogP contribution in [0.3, 0.4) is 0 Å². The van der Waals surface area contributed by atoms with Crippen LogP contribution in [0.4, 0.5) is 14.5 Å². The van der Waals surface area contributed by atoms with Crippen molar-refractivity contribution in [3.05, 3.63) is 131 Å². The summed E-state index contributed by atoms with van der Waals surface area (Å²) < 4.78 is 27.4. The zero-order valence-electron chi connectivity index (χ0n) is 30.6. The van der Waals surface area contributed by atoms with Crippen LogP contribution in [0.2, 0.25) is 0 Å². The Morgan fingerprint density at radius 2 is 1.58 bits per heavy atom. The maximum atomic E-state index is 13.9. The molecule has 268 valence electrons. The van der Waals surface area contributed by atoms with E-state index in [1.807, 2.05) is 0 Å². The number of hydrogen-bond acceptors (Lipinski definition) is 5. The molecule has 0 atom stereocenters. The summed E-state index contributed by atoms with van der Waals surface area (Å²) in [5.74, 6) is 0.311. The van der Waals surface area contributed by atoms with Gasteiger partial charge in [-0.05, 0) is 107 Å². The normalized spacial score (nSPS) is 16.2. The highest BCUT2D eigenvalue weighted by Crippen LogP contribution is 2.30. The third-order valence-corrected chi connectivity index (χ3v) is 9.01. The van der Waals surface area contributed by atoms with Gasteiger partial charge in [-0.3, -0.25) is 0 Å². The van der Waals surface area contributed by atoms with E-state index in [0.717, 1.165) is 88.3 Å². The summed E-state index contributed by atoms with van der Waals surface area (Å²) in [5, 5.41) is 10.7. The number of anilines is 1. The van der Waals surface area contributed by atoms with E-state index in [9.17, 15) is 8.78 Å². The number of likely N-dealkylation sites (N-methyl/N-ethyl adjacent to an activating group) is 1. The van der Waals surface area contributed by atoms with E-state index in [1.54, 1.807) is 30.5 Å². The number of benzene rings is 3. The molecule has 0 bridgehead atoms. The Morgan fingerprint density at radius 1 is 0.880 bits per heavy atom. The van der Waals surface area contributed by atoms with E-state index in [1.165, 1.54) is 41.2 Å². The summed E-state index contributed by atoms with van der Waals surface area (Å²) in [4.78, 5) is 9.90. The third-order valence-electron chi connectivity index (χ3n) is 9.01. The van der Waals surface area contributed by atoms with Crippen molar-refractivity contribution >= 4 is 17.2 Å². The molecule has 0 amide bonds. The standard InChI is InChI=1S/C42H56F2N6/c1-6-8-16-37(24-17-33-14-10-9-11-15-33)46-28-12-27-45-31-39(13-7-2)50-30-29-49(5)41(42(50,3)4)48-40(34-18-20-35(43)21-19-34)32-47-38-25-22-36(44)23-26-38/h9-11,13-16,18-23,25-26,32,45-47H,6-8,12,17,24,27-31H2,1-5H3/b37-16?,39-13-,40-32+,48-41?. The molecule has 3 N–H and O–H groups in total. The van der Waals surface area contributed by atoms with Crippen LogP contribution in [0.1, 0.15) is 70.9 Å². The highest BCUT2D eigenvalue weighted by molar-refractivity contribution is 5.96. The number of rotatable bonds is 18. The van der Waals surface area contributed by atoms with Gasteiger partial charge >= 0.3 is 0 Å². The van der Waals surface area contributed by atoms with Gasteiger partial charge in [0, 0.05) is 62.1 Å². The fourth-order valence-corrected chi connectivity index (χ4v) is 6.26. The van der Waals surface area contributed by atoms with Crippen molar-refractivity contribution in [2.75, 3.05) is 45.1 Å². The molecule has 3 aromatic rings. The van der Waals surface area contributed by atoms with Gasteiger partial charge in [0.15, 0.2) is 0 Å². The molecule has 1 aliphatic heterocycles. The highest BCUT2D eigenvalue weighted by Gasteiger charge is 2.39. The van der Waals surface area contributed by atoms with Crippen LogP contribution in [0.25, 0.3) is 5.70 Å². The minimum absolute atomic E-state index is 0.297. The smallest absolute Gasteiger partial charge is 0.130 e. The molecule has 0 aromatic heterocycles. The molecular formula is C42H56F2N6. The van der Waals surface area contributed by atoms with Gasteiger partial charge in [0.2, 0.25) is 0 Å². The lowest BCUT2D eigenvalue weighted by Crippen LogP contribution is -2.62. The fourth-order valence-electron chi connectivity index (χ4n) is 6.26. The molecular weight excluding hydrogens is 627 g/mol. The Morgan fingerprint density at radius 3 is 2.26 bits per heavy atom. The molecule has 3 aromatic carbocycles. The van der Waals surface area contributed by atoms with Gasteiger partial charge in [-0.2, -0.15) is 0 Å². The SMILES string of the molecule is CC/C=C(/CNCCCNC(=CCCC)CCc1ccccc1)N1CCN(C)C(=N/C(=C/Nc2ccc(F)cc2)c2ccc(F)cc2)C1(C)C. The van der Waals surface area contributed by atoms with E-state index in [4.69, 9.17) is 4.99 Å². The summed E-state index contributed by atoms with van der Waals surface area (Å²) in [6.45, 7) is 13.1. The zero-order valence-corrected chi connectivity index (χ0v) is 30.6. The number of hydrogen-bond donors (Lipinski definition) is 3. The summed E-state index contributed by atoms with van der Waals surface area (Å²) in [7, 11) is 2.07. The van der Waals surface area contributed by atoms with Crippen LogP contribution in [0, 0.1) is 11.6 Å². The van der Waals surface area contributed by atoms with Crippen molar-refractivity contribution in [2.24, 2.45) is 4.99 Å². The molecule has 0 unspecified atom stereocenters. The minimum Gasteiger partial charge on any atom is -0.389 e. The number of unbranched alkanes of at least 4 members (excludes halogenated alkanes) is 1. The van der Waals surface area contributed by atoms with Crippen LogP contribution >= 0.6 is 0 Å². The van der Waals surface area contributed by atoms with Gasteiger partial charge in [0.25, 0.3) is 0 Å². The number of aryl methyl sites for hydroxylation is 1. The summed E-state index contributed by atoms with van der Waals surface area (Å²) in [6.07, 6.45) is 12.8. The number of halogens is 2. The predicted octanol–water partition coefficient (Wildman–Crippen LogP) is 8.98. The van der Waals surface area contributed by atoms with E-state index in [-0.39, 0.29) is 11.6 Å². The second-order valence-corrected chi connectivity index (χ2v) is 13.3. The van der Waals surface area contributed by atoms with E-state index >= 15 is 0 Å². The van der Waals surface area contributed by atoms with Crippen molar-refractivity contribution in [1.82, 2.24) is 20.4 Å². The largest absolute Gasteiger partial charge is 0.389 e. The van der Waals surface area contributed by atoms with E-state index < -0.39 is 5.54 Å². The van der Waals surface area contributed by atoms with E-state index in [0.29, 0.717) is 5.70 Å². The molecule has 1 heterocycles. The number of aliphatic imine (C=N–C) groups is 1. The lowest BCUT2D eigenvalue weighted by atomic mass is 9.95. The summed E-state index contributed by atoms with van der Waals surface area (Å²) >= 11 is 0. The predicted molar refractivity (Wildman–Crippen MR) is 207 cm³/mol. The number of nitrogens with zero attached hydrogens (tertiary/aromatic N) is 3. The topological polar surface area (TPSA) is 54.9 Å². The van der Waals surface area contributed by atoms with Crippen molar-refractivity contribution in [1.29, 1.82) is 0 Å². The molecule has 0 aliphatic carbocycles. The first kappa shape index (κ1) is 38.4. The minimum atomic E-state index is -0.427. The molecule has 0 spiro atoms. The molecule has 6 nitrogen and oxygen atoms in total. The first-order valence-electron chi connectivity index (χ1n) is 18.1. The molecule has 0 saturated carbocycles. The van der Waals surface area contributed by atoms with Crippen molar-refractivity contribution in [3.8, 4) is 0 Å². The van der Waals surface area contributed by atoms with Crippen LogP contribution in [-0.2, 0) is 6.42 Å². The molecule has 1 saturated heterocycles. The van der Waals surface area contributed by atoms with Gasteiger partial charge in [-0.15, -0.1) is 0 Å². The lowest BCUT2D eigenvalue weighted by molar-refractivity contribution is 0.165. The van der Waals surface area contributed by atoms with Crippen molar-refractivity contribution in [3.63, 3.8) is 0 Å². The number of amidine groups is 1. The Labute approximate surface area is 299 Å². The Kier molecular flexibility index (Phi) is 15.1. The molecule has 1 aliphatic rings. The number of nitrogens with one attached hydrogen (secondary N) is 3. The summed E-state index contributed by atoms with van der Waals surface area (Å²) in [6, 6.07) is 23.2. The highest BCUT2D eigenvalue weighted by atomic mass is 19.1. The Hall–Kier alpha value is -4.43. The second kappa shape index (κ2) is 19.7. The van der Waals surface area contributed by atoms with Crippen LogP contribution in [0.5, 0.6) is 0 Å². The zero-order chi connectivity index (χ0) is 35.8. The van der Waals surface area contributed by atoms with Crippen LogP contribution in [0.15, 0.2) is 114 Å². The molecule has 0 radical (unpaired) electrons. The Bertz CT molecular complexity index is 1580. The number of piperazine rings is 1. The molecule has 1 fully saturated rings. The molecule has 50 heavy (non-hydrogen) atoms. The quantitative estimate of drug-likeness (QED) is 0.117. The van der Waals surface area contributed by atoms with Gasteiger partial charge in [-0.1, -0.05) is 62.8 Å². The Balaban J connectivity index is 1.42. The van der Waals surface area contributed by atoms with Gasteiger partial charge in [0.05, 0.1) is 11.2 Å². The third kappa shape index (κ3) is 11.6. The van der Waals surface area contributed by atoms with E-state index in [2.05, 4.69) is 103 Å².